The molecule has 0 N–H and O–H groups in total. The van der Waals surface area contributed by atoms with Crippen molar-refractivity contribution in [2.24, 2.45) is 0 Å². The zero-order valence-corrected chi connectivity index (χ0v) is 9.93. The number of ether oxygens (including phenoxy) is 1. The number of carbonyl (C=O) groups excluding carboxylic acids is 3. The van der Waals surface area contributed by atoms with Gasteiger partial charge in [0.2, 0.25) is 0 Å². The summed E-state index contributed by atoms with van der Waals surface area (Å²) in [4.78, 5) is 34.5. The quantitative estimate of drug-likeness (QED) is 0.604. The van der Waals surface area contributed by atoms with Crippen molar-refractivity contribution in [3.63, 3.8) is 0 Å². The minimum atomic E-state index is -0.345. The number of hydrogen-bond donors (Lipinski definition) is 0. The maximum absolute atomic E-state index is 11.6. The van der Waals surface area contributed by atoms with Crippen LogP contribution in [0.25, 0.3) is 0 Å². The van der Waals surface area contributed by atoms with E-state index in [1.165, 1.54) is 30.4 Å². The Kier molecular flexibility index (Phi) is 3.37. The summed E-state index contributed by atoms with van der Waals surface area (Å²) in [5, 5.41) is 0. The van der Waals surface area contributed by atoms with Gasteiger partial charge in [-0.1, -0.05) is 6.92 Å². The van der Waals surface area contributed by atoms with E-state index in [2.05, 4.69) is 0 Å². The average molecular weight is 244 g/mol. The number of allylic oxidation sites excluding steroid dienone is 2. The van der Waals surface area contributed by atoms with Gasteiger partial charge in [-0.05, 0) is 36.8 Å². The van der Waals surface area contributed by atoms with Gasteiger partial charge in [-0.15, -0.1) is 0 Å². The first-order valence-electron chi connectivity index (χ1n) is 5.73. The molecule has 0 spiro atoms. The number of fused-ring (bicyclic) bond motifs is 1. The summed E-state index contributed by atoms with van der Waals surface area (Å²) in [6.45, 7) is 1.88. The molecule has 1 aromatic carbocycles. The van der Waals surface area contributed by atoms with E-state index in [4.69, 9.17) is 4.74 Å². The molecule has 0 radical (unpaired) electrons. The number of ketones is 2. The lowest BCUT2D eigenvalue weighted by atomic mass is 9.95. The van der Waals surface area contributed by atoms with Crippen molar-refractivity contribution in [1.82, 2.24) is 0 Å². The van der Waals surface area contributed by atoms with Crippen LogP contribution in [0.4, 0.5) is 0 Å². The summed E-state index contributed by atoms with van der Waals surface area (Å²) in [6.07, 6.45) is 3.49. The van der Waals surface area contributed by atoms with Crippen molar-refractivity contribution >= 4 is 17.5 Å². The molecule has 0 fully saturated rings. The minimum absolute atomic E-state index is 0.212. The molecule has 1 aliphatic carbocycles. The van der Waals surface area contributed by atoms with Crippen LogP contribution in [0.1, 0.15) is 40.5 Å². The van der Waals surface area contributed by atoms with Gasteiger partial charge in [-0.2, -0.15) is 0 Å². The average Bonchev–Trinajstić information content (AvgIpc) is 2.34. The summed E-state index contributed by atoms with van der Waals surface area (Å²) >= 11 is 0. The largest absolute Gasteiger partial charge is 0.427 e. The highest BCUT2D eigenvalue weighted by atomic mass is 16.5. The lowest BCUT2D eigenvalue weighted by Gasteiger charge is -2.10. The van der Waals surface area contributed by atoms with E-state index in [0.29, 0.717) is 24.2 Å². The van der Waals surface area contributed by atoms with Crippen LogP contribution in [-0.2, 0) is 4.79 Å². The third-order valence-corrected chi connectivity index (χ3v) is 2.59. The second kappa shape index (κ2) is 4.96. The predicted molar refractivity (Wildman–Crippen MR) is 64.8 cm³/mol. The number of benzene rings is 1. The zero-order valence-electron chi connectivity index (χ0n) is 9.93. The maximum atomic E-state index is 11.6. The number of rotatable bonds is 3. The van der Waals surface area contributed by atoms with E-state index in [1.807, 2.05) is 6.92 Å². The fourth-order valence-corrected chi connectivity index (χ4v) is 1.72. The van der Waals surface area contributed by atoms with E-state index in [0.717, 1.165) is 0 Å². The summed E-state index contributed by atoms with van der Waals surface area (Å²) in [7, 11) is 0. The Morgan fingerprint density at radius 1 is 1.11 bits per heavy atom. The van der Waals surface area contributed by atoms with Crippen molar-refractivity contribution < 1.29 is 19.1 Å². The Bertz CT molecular complexity index is 555. The fourth-order valence-electron chi connectivity index (χ4n) is 1.72. The van der Waals surface area contributed by atoms with Gasteiger partial charge in [0, 0.05) is 17.5 Å². The maximum Gasteiger partial charge on any atom is 0.311 e. The lowest BCUT2D eigenvalue weighted by molar-refractivity contribution is -0.134. The Hall–Kier alpha value is -2.23. The van der Waals surface area contributed by atoms with Gasteiger partial charge in [0.1, 0.15) is 5.75 Å². The molecule has 0 atom stereocenters. The van der Waals surface area contributed by atoms with E-state index >= 15 is 0 Å². The smallest absolute Gasteiger partial charge is 0.311 e. The van der Waals surface area contributed by atoms with Crippen LogP contribution in [0.3, 0.4) is 0 Å². The Morgan fingerprint density at radius 2 is 1.78 bits per heavy atom. The van der Waals surface area contributed by atoms with Crippen LogP contribution in [0.15, 0.2) is 30.4 Å². The second-order valence-electron chi connectivity index (χ2n) is 3.99. The molecule has 0 heterocycles. The topological polar surface area (TPSA) is 60.4 Å². The number of hydrogen-bond acceptors (Lipinski definition) is 4. The molecular formula is C14H12O4. The summed E-state index contributed by atoms with van der Waals surface area (Å²) in [5.41, 5.74) is 0.627. The molecule has 92 valence electrons. The SMILES string of the molecule is CCCC(=O)Oc1ccc2c(c1)C(=O)C=CC2=O. The highest BCUT2D eigenvalue weighted by Gasteiger charge is 2.19. The Balaban J connectivity index is 2.28. The first kappa shape index (κ1) is 12.2. The molecule has 0 saturated heterocycles. The van der Waals surface area contributed by atoms with Crippen molar-refractivity contribution in [1.29, 1.82) is 0 Å². The van der Waals surface area contributed by atoms with Crippen LogP contribution in [0, 0.1) is 0 Å². The lowest BCUT2D eigenvalue weighted by Crippen LogP contribution is -2.13. The Labute approximate surface area is 104 Å². The Morgan fingerprint density at radius 3 is 2.44 bits per heavy atom. The van der Waals surface area contributed by atoms with Gasteiger partial charge in [0.25, 0.3) is 0 Å². The molecule has 0 unspecified atom stereocenters. The minimum Gasteiger partial charge on any atom is -0.427 e. The third-order valence-electron chi connectivity index (χ3n) is 2.59. The molecule has 0 saturated carbocycles. The molecule has 4 heteroatoms. The molecule has 2 rings (SSSR count). The van der Waals surface area contributed by atoms with Crippen LogP contribution in [-0.4, -0.2) is 17.5 Å². The first-order chi connectivity index (χ1) is 8.61. The van der Waals surface area contributed by atoms with E-state index in [1.54, 1.807) is 0 Å². The molecule has 0 bridgehead atoms. The molecular weight excluding hydrogens is 232 g/mol. The fraction of sp³-hybridized carbons (Fsp3) is 0.214. The molecule has 0 aliphatic heterocycles. The van der Waals surface area contributed by atoms with Gasteiger partial charge in [-0.25, -0.2) is 0 Å². The van der Waals surface area contributed by atoms with Gasteiger partial charge in [0.05, 0.1) is 0 Å². The van der Waals surface area contributed by atoms with Gasteiger partial charge in [-0.3, -0.25) is 14.4 Å². The molecule has 0 amide bonds. The van der Waals surface area contributed by atoms with Crippen molar-refractivity contribution in [3.05, 3.63) is 41.5 Å². The first-order valence-corrected chi connectivity index (χ1v) is 5.73. The van der Waals surface area contributed by atoms with E-state index in [-0.39, 0.29) is 23.1 Å². The van der Waals surface area contributed by atoms with Crippen LogP contribution in [0.2, 0.25) is 0 Å². The molecule has 1 aromatic rings. The van der Waals surface area contributed by atoms with E-state index in [9.17, 15) is 14.4 Å². The molecule has 0 aromatic heterocycles. The van der Waals surface area contributed by atoms with Crippen molar-refractivity contribution in [2.45, 2.75) is 19.8 Å². The third kappa shape index (κ3) is 2.37. The predicted octanol–water partition coefficient (Wildman–Crippen LogP) is 2.33. The standard InChI is InChI=1S/C14H12O4/c1-2-3-14(17)18-9-4-5-10-11(8-9)13(16)7-6-12(10)15/h4-8H,2-3H2,1H3. The zero-order chi connectivity index (χ0) is 13.1. The summed E-state index contributed by atoms with van der Waals surface area (Å²) in [5.74, 6) is -0.514. The van der Waals surface area contributed by atoms with Crippen molar-refractivity contribution in [2.75, 3.05) is 0 Å². The number of carbonyl (C=O) groups is 3. The summed E-state index contributed by atoms with van der Waals surface area (Å²) in [6, 6.07) is 4.47. The van der Waals surface area contributed by atoms with Gasteiger partial charge < -0.3 is 4.74 Å². The van der Waals surface area contributed by atoms with Crippen LogP contribution < -0.4 is 4.74 Å². The summed E-state index contributed by atoms with van der Waals surface area (Å²) < 4.78 is 5.08. The van der Waals surface area contributed by atoms with E-state index < -0.39 is 0 Å². The monoisotopic (exact) mass is 244 g/mol. The van der Waals surface area contributed by atoms with Crippen molar-refractivity contribution in [3.8, 4) is 5.75 Å². The highest BCUT2D eigenvalue weighted by molar-refractivity contribution is 6.22. The van der Waals surface area contributed by atoms with Gasteiger partial charge in [0.15, 0.2) is 11.6 Å². The highest BCUT2D eigenvalue weighted by Crippen LogP contribution is 2.22. The second-order valence-corrected chi connectivity index (χ2v) is 3.99. The number of esters is 1. The van der Waals surface area contributed by atoms with Crippen LogP contribution in [0.5, 0.6) is 5.75 Å². The molecule has 4 nitrogen and oxygen atoms in total. The molecule has 18 heavy (non-hydrogen) atoms. The van der Waals surface area contributed by atoms with Crippen LogP contribution >= 0.6 is 0 Å². The normalized spacial score (nSPS) is 13.4. The molecule has 1 aliphatic rings. The van der Waals surface area contributed by atoms with Gasteiger partial charge >= 0.3 is 5.97 Å².